The van der Waals surface area contributed by atoms with Crippen LogP contribution in [0.25, 0.3) is 0 Å². The third kappa shape index (κ3) is 2.04. The summed E-state index contributed by atoms with van der Waals surface area (Å²) in [6, 6.07) is 6.02. The van der Waals surface area contributed by atoms with Gasteiger partial charge in [0.1, 0.15) is 0 Å². The molecule has 12 heavy (non-hydrogen) atoms. The SMILES string of the molecule is O=S(=O)(NO)c1cccc(Br)c1. The van der Waals surface area contributed by atoms with E-state index in [0.29, 0.717) is 4.47 Å². The van der Waals surface area contributed by atoms with Crippen LogP contribution in [0.15, 0.2) is 33.6 Å². The monoisotopic (exact) mass is 251 g/mol. The van der Waals surface area contributed by atoms with Crippen molar-refractivity contribution in [2.45, 2.75) is 4.90 Å². The zero-order valence-electron chi connectivity index (χ0n) is 5.86. The molecule has 0 bridgehead atoms. The Balaban J connectivity index is 3.21. The molecule has 0 radical (unpaired) electrons. The molecule has 0 unspecified atom stereocenters. The fourth-order valence-corrected chi connectivity index (χ4v) is 1.88. The summed E-state index contributed by atoms with van der Waals surface area (Å²) in [7, 11) is -3.75. The van der Waals surface area contributed by atoms with Gasteiger partial charge < -0.3 is 5.21 Å². The van der Waals surface area contributed by atoms with Crippen molar-refractivity contribution < 1.29 is 13.6 Å². The van der Waals surface area contributed by atoms with Crippen LogP contribution < -0.4 is 4.89 Å². The van der Waals surface area contributed by atoms with Gasteiger partial charge in [-0.3, -0.25) is 0 Å². The Kier molecular flexibility index (Phi) is 2.84. The molecule has 1 aromatic rings. The number of halogens is 1. The van der Waals surface area contributed by atoms with Crippen LogP contribution in [0.3, 0.4) is 0 Å². The Morgan fingerprint density at radius 2 is 2.08 bits per heavy atom. The van der Waals surface area contributed by atoms with E-state index in [2.05, 4.69) is 15.9 Å². The smallest absolute Gasteiger partial charge is 0.262 e. The summed E-state index contributed by atoms with van der Waals surface area (Å²) in [6.07, 6.45) is 0. The topological polar surface area (TPSA) is 66.4 Å². The number of rotatable bonds is 2. The summed E-state index contributed by atoms with van der Waals surface area (Å²) in [5, 5.41) is 8.29. The molecule has 6 heteroatoms. The van der Waals surface area contributed by atoms with Crippen molar-refractivity contribution in [1.29, 1.82) is 0 Å². The Labute approximate surface area is 78.4 Å². The Morgan fingerprint density at radius 3 is 2.58 bits per heavy atom. The van der Waals surface area contributed by atoms with E-state index in [-0.39, 0.29) is 4.90 Å². The fraction of sp³-hybridized carbons (Fsp3) is 0. The average molecular weight is 252 g/mol. The highest BCUT2D eigenvalue weighted by molar-refractivity contribution is 9.10. The summed E-state index contributed by atoms with van der Waals surface area (Å²) in [5.74, 6) is 0. The maximum atomic E-state index is 11.0. The van der Waals surface area contributed by atoms with Crippen LogP contribution in [0.5, 0.6) is 0 Å². The zero-order chi connectivity index (χ0) is 9.19. The number of hydrogen-bond donors (Lipinski definition) is 2. The van der Waals surface area contributed by atoms with Crippen LogP contribution >= 0.6 is 15.9 Å². The highest BCUT2D eigenvalue weighted by Gasteiger charge is 2.11. The van der Waals surface area contributed by atoms with Gasteiger partial charge in [-0.05, 0) is 18.2 Å². The first-order valence-electron chi connectivity index (χ1n) is 2.98. The Morgan fingerprint density at radius 1 is 1.42 bits per heavy atom. The standard InChI is InChI=1S/C6H6BrNO3S/c7-5-2-1-3-6(4-5)12(10,11)8-9/h1-4,8-9H. The second kappa shape index (κ2) is 3.53. The summed E-state index contributed by atoms with van der Waals surface area (Å²) < 4.78 is 22.6. The Hall–Kier alpha value is -0.430. The molecule has 1 rings (SSSR count). The van der Waals surface area contributed by atoms with Crippen LogP contribution in [0.1, 0.15) is 0 Å². The summed E-state index contributed by atoms with van der Waals surface area (Å²) >= 11 is 3.11. The lowest BCUT2D eigenvalue weighted by Gasteiger charge is -2.00. The van der Waals surface area contributed by atoms with E-state index in [1.807, 2.05) is 0 Å². The average Bonchev–Trinajstić information content (AvgIpc) is 2.05. The molecule has 0 aromatic heterocycles. The van der Waals surface area contributed by atoms with Crippen molar-refractivity contribution in [3.8, 4) is 0 Å². The molecule has 0 aliphatic heterocycles. The van der Waals surface area contributed by atoms with E-state index < -0.39 is 10.0 Å². The van der Waals surface area contributed by atoms with Crippen molar-refractivity contribution in [2.24, 2.45) is 0 Å². The van der Waals surface area contributed by atoms with E-state index in [1.165, 1.54) is 17.0 Å². The number of sulfonamides is 1. The molecule has 0 aliphatic carbocycles. The molecule has 0 atom stereocenters. The fourth-order valence-electron chi connectivity index (χ4n) is 0.687. The van der Waals surface area contributed by atoms with E-state index in [9.17, 15) is 8.42 Å². The minimum Gasteiger partial charge on any atom is -0.302 e. The molecule has 0 aliphatic rings. The molecule has 0 heterocycles. The van der Waals surface area contributed by atoms with E-state index >= 15 is 0 Å². The van der Waals surface area contributed by atoms with Crippen LogP contribution in [-0.2, 0) is 10.0 Å². The van der Waals surface area contributed by atoms with Crippen LogP contribution in [0.4, 0.5) is 0 Å². The molecule has 4 nitrogen and oxygen atoms in total. The lowest BCUT2D eigenvalue weighted by Crippen LogP contribution is -2.19. The first kappa shape index (κ1) is 9.66. The number of benzene rings is 1. The van der Waals surface area contributed by atoms with Gasteiger partial charge >= 0.3 is 0 Å². The van der Waals surface area contributed by atoms with Gasteiger partial charge in [-0.2, -0.15) is 0 Å². The highest BCUT2D eigenvalue weighted by atomic mass is 79.9. The van der Waals surface area contributed by atoms with Crippen molar-refractivity contribution in [2.75, 3.05) is 0 Å². The van der Waals surface area contributed by atoms with Gasteiger partial charge in [0.15, 0.2) is 0 Å². The van der Waals surface area contributed by atoms with Crippen molar-refractivity contribution in [1.82, 2.24) is 4.89 Å². The minimum atomic E-state index is -3.75. The number of nitrogens with one attached hydrogen (secondary N) is 1. The van der Waals surface area contributed by atoms with Crippen LogP contribution in [-0.4, -0.2) is 13.6 Å². The van der Waals surface area contributed by atoms with Crippen LogP contribution in [0, 0.1) is 0 Å². The van der Waals surface area contributed by atoms with Gasteiger partial charge in [0.25, 0.3) is 10.0 Å². The largest absolute Gasteiger partial charge is 0.302 e. The third-order valence-corrected chi connectivity index (χ3v) is 2.83. The summed E-state index contributed by atoms with van der Waals surface area (Å²) in [5.41, 5.74) is 0. The minimum absolute atomic E-state index is 0.0133. The summed E-state index contributed by atoms with van der Waals surface area (Å²) in [6.45, 7) is 0. The van der Waals surface area contributed by atoms with Gasteiger partial charge in [0.2, 0.25) is 0 Å². The third-order valence-electron chi connectivity index (χ3n) is 1.23. The lowest BCUT2D eigenvalue weighted by molar-refractivity contribution is 0.242. The molecule has 1 aromatic carbocycles. The predicted molar refractivity (Wildman–Crippen MR) is 46.3 cm³/mol. The first-order valence-corrected chi connectivity index (χ1v) is 5.25. The van der Waals surface area contributed by atoms with E-state index in [0.717, 1.165) is 0 Å². The number of hydrogen-bond acceptors (Lipinski definition) is 3. The molecule has 0 saturated carbocycles. The molecule has 66 valence electrons. The molecule has 0 spiro atoms. The predicted octanol–water partition coefficient (Wildman–Crippen LogP) is 1.12. The Bertz CT molecular complexity index is 376. The van der Waals surface area contributed by atoms with Crippen molar-refractivity contribution >= 4 is 26.0 Å². The van der Waals surface area contributed by atoms with Gasteiger partial charge in [-0.15, -0.1) is 0 Å². The molecule has 0 fully saturated rings. The normalized spacial score (nSPS) is 11.5. The molecular weight excluding hydrogens is 246 g/mol. The van der Waals surface area contributed by atoms with Crippen molar-refractivity contribution in [3.05, 3.63) is 28.7 Å². The van der Waals surface area contributed by atoms with Crippen molar-refractivity contribution in [3.63, 3.8) is 0 Å². The van der Waals surface area contributed by atoms with Gasteiger partial charge in [0.05, 0.1) is 4.90 Å². The molecule has 0 saturated heterocycles. The molecule has 0 amide bonds. The maximum absolute atomic E-state index is 11.0. The second-order valence-electron chi connectivity index (χ2n) is 2.05. The lowest BCUT2D eigenvalue weighted by atomic mass is 10.4. The zero-order valence-corrected chi connectivity index (χ0v) is 8.26. The highest BCUT2D eigenvalue weighted by Crippen LogP contribution is 2.15. The first-order chi connectivity index (χ1) is 5.56. The van der Waals surface area contributed by atoms with Gasteiger partial charge in [0, 0.05) is 4.47 Å². The molecule has 2 N–H and O–H groups in total. The van der Waals surface area contributed by atoms with E-state index in [1.54, 1.807) is 12.1 Å². The maximum Gasteiger partial charge on any atom is 0.262 e. The van der Waals surface area contributed by atoms with Gasteiger partial charge in [-0.1, -0.05) is 26.9 Å². The molecular formula is C6H6BrNO3S. The second-order valence-corrected chi connectivity index (χ2v) is 4.63. The quantitative estimate of drug-likeness (QED) is 0.775. The van der Waals surface area contributed by atoms with Gasteiger partial charge in [-0.25, -0.2) is 8.42 Å². The van der Waals surface area contributed by atoms with Crippen LogP contribution in [0.2, 0.25) is 0 Å². The van der Waals surface area contributed by atoms with E-state index in [4.69, 9.17) is 5.21 Å². The summed E-state index contributed by atoms with van der Waals surface area (Å²) in [4.78, 5) is 1.25.